The average molecular weight is 283 g/mol. The second-order valence-electron chi connectivity index (χ2n) is 5.18. The molecule has 2 rings (SSSR count). The number of hydrogen-bond donors (Lipinski definition) is 0. The highest BCUT2D eigenvalue weighted by molar-refractivity contribution is 8.00. The van der Waals surface area contributed by atoms with Gasteiger partial charge in [-0.1, -0.05) is 0 Å². The van der Waals surface area contributed by atoms with Crippen LogP contribution >= 0.6 is 11.8 Å². The van der Waals surface area contributed by atoms with E-state index in [1.807, 2.05) is 11.8 Å². The van der Waals surface area contributed by atoms with Crippen molar-refractivity contribution in [2.45, 2.75) is 18.6 Å². The molecule has 1 saturated heterocycles. The Labute approximate surface area is 117 Å². The van der Waals surface area contributed by atoms with Crippen molar-refractivity contribution < 1.29 is 13.9 Å². The van der Waals surface area contributed by atoms with E-state index in [2.05, 4.69) is 13.8 Å². The highest BCUT2D eigenvalue weighted by atomic mass is 32.2. The molecule has 1 aromatic carbocycles. The monoisotopic (exact) mass is 283 g/mol. The first-order valence-corrected chi connectivity index (χ1v) is 7.18. The Balaban J connectivity index is 2.20. The Hall–Kier alpha value is -1.23. The van der Waals surface area contributed by atoms with Gasteiger partial charge in [0.15, 0.2) is 0 Å². The first-order chi connectivity index (χ1) is 8.93. The maximum Gasteiger partial charge on any atom is 0.256 e. The number of carbonyl (C=O) groups is 1. The largest absolute Gasteiger partial charge is 0.497 e. The van der Waals surface area contributed by atoms with E-state index < -0.39 is 5.82 Å². The van der Waals surface area contributed by atoms with Gasteiger partial charge in [0.1, 0.15) is 11.6 Å². The lowest BCUT2D eigenvalue weighted by Crippen LogP contribution is -2.46. The van der Waals surface area contributed by atoms with Gasteiger partial charge in [0.05, 0.1) is 12.7 Å². The minimum atomic E-state index is -0.527. The number of rotatable bonds is 2. The van der Waals surface area contributed by atoms with E-state index in [1.54, 1.807) is 11.0 Å². The minimum absolute atomic E-state index is 0.0247. The van der Waals surface area contributed by atoms with E-state index in [-0.39, 0.29) is 16.2 Å². The third-order valence-electron chi connectivity index (χ3n) is 3.12. The topological polar surface area (TPSA) is 29.5 Å². The van der Waals surface area contributed by atoms with Crippen molar-refractivity contribution in [3.8, 4) is 5.75 Å². The number of thioether (sulfide) groups is 1. The molecule has 0 saturated carbocycles. The molecule has 1 aromatic rings. The molecule has 1 aliphatic rings. The van der Waals surface area contributed by atoms with Gasteiger partial charge >= 0.3 is 0 Å². The summed E-state index contributed by atoms with van der Waals surface area (Å²) in [5.74, 6) is 0.536. The van der Waals surface area contributed by atoms with E-state index >= 15 is 0 Å². The van der Waals surface area contributed by atoms with Crippen LogP contribution in [0.4, 0.5) is 4.39 Å². The summed E-state index contributed by atoms with van der Waals surface area (Å²) in [5, 5.41) is 0. The summed E-state index contributed by atoms with van der Waals surface area (Å²) in [6, 6.07) is 4.35. The third-order valence-corrected chi connectivity index (χ3v) is 4.42. The number of benzene rings is 1. The molecule has 0 N–H and O–H groups in total. The molecule has 3 nitrogen and oxygen atoms in total. The lowest BCUT2D eigenvalue weighted by Gasteiger charge is -2.37. The van der Waals surface area contributed by atoms with Crippen LogP contribution in [-0.4, -0.2) is 41.5 Å². The number of amides is 1. The molecule has 0 aliphatic carbocycles. The number of nitrogens with zero attached hydrogens (tertiary/aromatic N) is 1. The first-order valence-electron chi connectivity index (χ1n) is 6.20. The molecular weight excluding hydrogens is 265 g/mol. The zero-order chi connectivity index (χ0) is 14.0. The number of methoxy groups -OCH3 is 1. The quantitative estimate of drug-likeness (QED) is 0.836. The maximum absolute atomic E-state index is 13.9. The number of ether oxygens (including phenoxy) is 1. The average Bonchev–Trinajstić information content (AvgIpc) is 2.36. The van der Waals surface area contributed by atoms with Crippen LogP contribution in [-0.2, 0) is 0 Å². The van der Waals surface area contributed by atoms with Gasteiger partial charge in [-0.3, -0.25) is 4.79 Å². The minimum Gasteiger partial charge on any atom is -0.497 e. The lowest BCUT2D eigenvalue weighted by atomic mass is 10.1. The molecule has 1 fully saturated rings. The first kappa shape index (κ1) is 14.2. The van der Waals surface area contributed by atoms with Crippen LogP contribution in [0.5, 0.6) is 5.75 Å². The molecule has 19 heavy (non-hydrogen) atoms. The Morgan fingerprint density at radius 2 is 2.21 bits per heavy atom. The van der Waals surface area contributed by atoms with Crippen molar-refractivity contribution in [3.63, 3.8) is 0 Å². The Morgan fingerprint density at radius 3 is 2.79 bits per heavy atom. The fourth-order valence-corrected chi connectivity index (χ4v) is 3.27. The molecule has 0 spiro atoms. The van der Waals surface area contributed by atoms with Crippen molar-refractivity contribution in [1.82, 2.24) is 4.90 Å². The van der Waals surface area contributed by atoms with E-state index in [9.17, 15) is 9.18 Å². The zero-order valence-electron chi connectivity index (χ0n) is 11.4. The highest BCUT2D eigenvalue weighted by Crippen LogP contribution is 2.30. The van der Waals surface area contributed by atoms with Gasteiger partial charge in [-0.2, -0.15) is 11.8 Å². The SMILES string of the molecule is COc1ccc(C(=O)N2CCSC(C)(C)C2)c(F)c1. The predicted octanol–water partition coefficient (Wildman–Crippen LogP) is 2.80. The van der Waals surface area contributed by atoms with Crippen molar-refractivity contribution in [3.05, 3.63) is 29.6 Å². The molecule has 1 heterocycles. The van der Waals surface area contributed by atoms with Gasteiger partial charge < -0.3 is 9.64 Å². The summed E-state index contributed by atoms with van der Waals surface area (Å²) in [4.78, 5) is 14.1. The van der Waals surface area contributed by atoms with Crippen LogP contribution in [0.25, 0.3) is 0 Å². The standard InChI is InChI=1S/C14H18FNO2S/c1-14(2)9-16(6-7-19-14)13(17)11-5-4-10(18-3)8-12(11)15/h4-5,8H,6-7,9H2,1-3H3. The Bertz CT molecular complexity index is 490. The summed E-state index contributed by atoms with van der Waals surface area (Å²) in [6.07, 6.45) is 0. The van der Waals surface area contributed by atoms with Crippen LogP contribution in [0.15, 0.2) is 18.2 Å². The van der Waals surface area contributed by atoms with Crippen molar-refractivity contribution >= 4 is 17.7 Å². The molecule has 0 radical (unpaired) electrons. The summed E-state index contributed by atoms with van der Waals surface area (Å²) >= 11 is 1.84. The number of halogens is 1. The van der Waals surface area contributed by atoms with Crippen LogP contribution in [0.2, 0.25) is 0 Å². The van der Waals surface area contributed by atoms with Gasteiger partial charge in [-0.05, 0) is 26.0 Å². The smallest absolute Gasteiger partial charge is 0.256 e. The van der Waals surface area contributed by atoms with Crippen molar-refractivity contribution in [1.29, 1.82) is 0 Å². The molecule has 1 aliphatic heterocycles. The molecule has 104 valence electrons. The molecule has 0 atom stereocenters. The van der Waals surface area contributed by atoms with Gasteiger partial charge in [0, 0.05) is 29.7 Å². The van der Waals surface area contributed by atoms with Crippen LogP contribution in [0, 0.1) is 5.82 Å². The Morgan fingerprint density at radius 1 is 1.47 bits per heavy atom. The molecule has 0 bridgehead atoms. The van der Waals surface area contributed by atoms with Crippen molar-refractivity contribution in [2.75, 3.05) is 26.0 Å². The molecule has 1 amide bonds. The van der Waals surface area contributed by atoms with E-state index in [1.165, 1.54) is 19.2 Å². The molecular formula is C14H18FNO2S. The van der Waals surface area contributed by atoms with Crippen LogP contribution in [0.3, 0.4) is 0 Å². The lowest BCUT2D eigenvalue weighted by molar-refractivity contribution is 0.0743. The summed E-state index contributed by atoms with van der Waals surface area (Å²) < 4.78 is 18.9. The summed E-state index contributed by atoms with van der Waals surface area (Å²) in [5.41, 5.74) is 0.114. The number of hydrogen-bond acceptors (Lipinski definition) is 3. The summed E-state index contributed by atoms with van der Waals surface area (Å²) in [7, 11) is 1.47. The maximum atomic E-state index is 13.9. The zero-order valence-corrected chi connectivity index (χ0v) is 12.2. The van der Waals surface area contributed by atoms with E-state index in [0.29, 0.717) is 18.8 Å². The molecule has 0 aromatic heterocycles. The van der Waals surface area contributed by atoms with Crippen molar-refractivity contribution in [2.24, 2.45) is 0 Å². The van der Waals surface area contributed by atoms with Gasteiger partial charge in [-0.15, -0.1) is 0 Å². The second-order valence-corrected chi connectivity index (χ2v) is 6.98. The fraction of sp³-hybridized carbons (Fsp3) is 0.500. The second kappa shape index (κ2) is 5.41. The van der Waals surface area contributed by atoms with Gasteiger partial charge in [-0.25, -0.2) is 4.39 Å². The van der Waals surface area contributed by atoms with E-state index in [4.69, 9.17) is 4.74 Å². The normalized spacial score (nSPS) is 18.2. The molecule has 0 unspecified atom stereocenters. The summed E-state index contributed by atoms with van der Waals surface area (Å²) in [6.45, 7) is 5.50. The van der Waals surface area contributed by atoms with Crippen LogP contribution in [0.1, 0.15) is 24.2 Å². The predicted molar refractivity (Wildman–Crippen MR) is 75.4 cm³/mol. The highest BCUT2D eigenvalue weighted by Gasteiger charge is 2.31. The van der Waals surface area contributed by atoms with E-state index in [0.717, 1.165) is 5.75 Å². The van der Waals surface area contributed by atoms with Gasteiger partial charge in [0.2, 0.25) is 0 Å². The molecule has 5 heteroatoms. The Kier molecular flexibility index (Phi) is 4.04. The number of carbonyl (C=O) groups excluding carboxylic acids is 1. The van der Waals surface area contributed by atoms with Gasteiger partial charge in [0.25, 0.3) is 5.91 Å². The fourth-order valence-electron chi connectivity index (χ4n) is 2.16. The van der Waals surface area contributed by atoms with Crippen LogP contribution < -0.4 is 4.74 Å². The third kappa shape index (κ3) is 3.21.